The van der Waals surface area contributed by atoms with E-state index in [1.165, 1.54) is 0 Å². The summed E-state index contributed by atoms with van der Waals surface area (Å²) in [5, 5.41) is 21.5. The molecule has 0 radical (unpaired) electrons. The summed E-state index contributed by atoms with van der Waals surface area (Å²) in [4.78, 5) is 12.6. The predicted molar refractivity (Wildman–Crippen MR) is 120 cm³/mol. The Balaban J connectivity index is 1.80. The average Bonchev–Trinajstić information content (AvgIpc) is 2.79. The molecule has 0 spiro atoms. The van der Waals surface area contributed by atoms with E-state index < -0.39 is 23.7 Å². The molecule has 2 atom stereocenters. The maximum absolute atomic E-state index is 12.6. The molecule has 0 aliphatic heterocycles. The lowest BCUT2D eigenvalue weighted by Crippen LogP contribution is -2.48. The van der Waals surface area contributed by atoms with Crippen LogP contribution in [-0.4, -0.2) is 28.5 Å². The topological polar surface area (TPSA) is 92.8 Å². The molecule has 5 heteroatoms. The zero-order valence-electron chi connectivity index (χ0n) is 17.4. The molecule has 0 fully saturated rings. The quantitative estimate of drug-likeness (QED) is 0.411. The maximum atomic E-state index is 12.6. The molecule has 0 saturated heterocycles. The summed E-state index contributed by atoms with van der Waals surface area (Å²) in [7, 11) is 0. The molecule has 0 saturated carbocycles. The van der Waals surface area contributed by atoms with Gasteiger partial charge >= 0.3 is 5.97 Å². The van der Waals surface area contributed by atoms with E-state index >= 15 is 0 Å². The summed E-state index contributed by atoms with van der Waals surface area (Å²) in [5.74, 6) is -1.05. The van der Waals surface area contributed by atoms with Crippen LogP contribution in [0.1, 0.15) is 23.1 Å². The number of aliphatic hydroxyl groups is 1. The second-order valence-corrected chi connectivity index (χ2v) is 7.87. The van der Waals surface area contributed by atoms with Gasteiger partial charge in [0, 0.05) is 6.42 Å². The highest BCUT2D eigenvalue weighted by molar-refractivity contribution is 5.76. The number of rotatable bonds is 11. The molecule has 2 unspecified atom stereocenters. The molecule has 0 heterocycles. The number of ether oxygens (including phenoxy) is 1. The highest BCUT2D eigenvalue weighted by atomic mass is 16.5. The van der Waals surface area contributed by atoms with Gasteiger partial charge in [0.25, 0.3) is 0 Å². The minimum absolute atomic E-state index is 0.0127. The van der Waals surface area contributed by atoms with Crippen LogP contribution >= 0.6 is 0 Å². The lowest BCUT2D eigenvalue weighted by Gasteiger charge is -2.35. The first-order chi connectivity index (χ1) is 15.0. The smallest absolute Gasteiger partial charge is 0.312 e. The number of hydrogen-bond acceptors (Lipinski definition) is 4. The standard InChI is InChI=1S/C26H29NO4/c27-24(31-19-22-14-8-3-9-15-22)16-23(28)26(25(29)30,17-20-10-4-1-5-11-20)18-21-12-6-2-7-13-21/h1-15,23-24,28H,16-19,27H2,(H,29,30). The van der Waals surface area contributed by atoms with Crippen molar-refractivity contribution >= 4 is 5.97 Å². The van der Waals surface area contributed by atoms with Crippen LogP contribution in [0.15, 0.2) is 91.0 Å². The summed E-state index contributed by atoms with van der Waals surface area (Å²) in [6.45, 7) is 0.298. The largest absolute Gasteiger partial charge is 0.481 e. The Hall–Kier alpha value is -2.99. The third kappa shape index (κ3) is 6.25. The van der Waals surface area contributed by atoms with Gasteiger partial charge in [-0.25, -0.2) is 0 Å². The van der Waals surface area contributed by atoms with Crippen LogP contribution in [0.25, 0.3) is 0 Å². The molecule has 0 bridgehead atoms. The Morgan fingerprint density at radius 3 is 1.65 bits per heavy atom. The van der Waals surface area contributed by atoms with E-state index in [2.05, 4.69) is 0 Å². The van der Waals surface area contributed by atoms with E-state index in [1.54, 1.807) is 0 Å². The Bertz CT molecular complexity index is 890. The van der Waals surface area contributed by atoms with Crippen molar-refractivity contribution in [2.45, 2.75) is 38.2 Å². The summed E-state index contributed by atoms with van der Waals surface area (Å²) >= 11 is 0. The van der Waals surface area contributed by atoms with Crippen molar-refractivity contribution in [1.82, 2.24) is 0 Å². The predicted octanol–water partition coefficient (Wildman–Crippen LogP) is 3.80. The van der Waals surface area contributed by atoms with Crippen molar-refractivity contribution in [3.8, 4) is 0 Å². The van der Waals surface area contributed by atoms with E-state index in [9.17, 15) is 15.0 Å². The van der Waals surface area contributed by atoms with E-state index in [0.717, 1.165) is 16.7 Å². The van der Waals surface area contributed by atoms with Gasteiger partial charge in [-0.15, -0.1) is 0 Å². The van der Waals surface area contributed by atoms with Crippen molar-refractivity contribution in [2.24, 2.45) is 11.1 Å². The number of carbonyl (C=O) groups is 1. The first-order valence-electron chi connectivity index (χ1n) is 10.4. The molecular weight excluding hydrogens is 390 g/mol. The van der Waals surface area contributed by atoms with Gasteiger partial charge in [0.05, 0.1) is 12.7 Å². The molecule has 3 aromatic rings. The fourth-order valence-electron chi connectivity index (χ4n) is 3.80. The highest BCUT2D eigenvalue weighted by Crippen LogP contribution is 2.35. The zero-order chi connectivity index (χ0) is 22.1. The van der Waals surface area contributed by atoms with Crippen LogP contribution in [0.2, 0.25) is 0 Å². The number of aliphatic carboxylic acids is 1. The van der Waals surface area contributed by atoms with Crippen LogP contribution in [-0.2, 0) is 29.0 Å². The van der Waals surface area contributed by atoms with Gasteiger partial charge in [0.15, 0.2) is 0 Å². The SMILES string of the molecule is NC(CC(O)C(Cc1ccccc1)(Cc1ccccc1)C(=O)O)OCc1ccccc1. The molecule has 0 aliphatic carbocycles. The first kappa shape index (κ1) is 22.7. The molecule has 3 aromatic carbocycles. The van der Waals surface area contributed by atoms with Crippen molar-refractivity contribution in [3.05, 3.63) is 108 Å². The molecule has 4 N–H and O–H groups in total. The minimum atomic E-state index is -1.43. The summed E-state index contributed by atoms with van der Waals surface area (Å²) in [5.41, 5.74) is 7.35. The Morgan fingerprint density at radius 2 is 1.23 bits per heavy atom. The highest BCUT2D eigenvalue weighted by Gasteiger charge is 2.46. The van der Waals surface area contributed by atoms with Gasteiger partial charge in [-0.2, -0.15) is 0 Å². The third-order valence-electron chi connectivity index (χ3n) is 5.55. The van der Waals surface area contributed by atoms with Crippen molar-refractivity contribution in [1.29, 1.82) is 0 Å². The molecule has 0 amide bonds. The molecular formula is C26H29NO4. The summed E-state index contributed by atoms with van der Waals surface area (Å²) in [6.07, 6.45) is -1.61. The number of aliphatic hydroxyl groups excluding tert-OH is 1. The monoisotopic (exact) mass is 419 g/mol. The lowest BCUT2D eigenvalue weighted by atomic mass is 9.71. The fourth-order valence-corrected chi connectivity index (χ4v) is 3.80. The lowest BCUT2D eigenvalue weighted by molar-refractivity contribution is -0.158. The van der Waals surface area contributed by atoms with Gasteiger partial charge in [-0.1, -0.05) is 91.0 Å². The molecule has 0 aliphatic rings. The molecule has 3 rings (SSSR count). The van der Waals surface area contributed by atoms with Crippen molar-refractivity contribution in [3.63, 3.8) is 0 Å². The van der Waals surface area contributed by atoms with Crippen LogP contribution in [0.5, 0.6) is 0 Å². The van der Waals surface area contributed by atoms with E-state index in [1.807, 2.05) is 91.0 Å². The molecule has 31 heavy (non-hydrogen) atoms. The van der Waals surface area contributed by atoms with Gasteiger partial charge in [-0.05, 0) is 29.5 Å². The maximum Gasteiger partial charge on any atom is 0.312 e. The van der Waals surface area contributed by atoms with E-state index in [-0.39, 0.29) is 19.3 Å². The number of carboxylic acids is 1. The van der Waals surface area contributed by atoms with Gasteiger partial charge < -0.3 is 20.7 Å². The number of carboxylic acid groups (broad SMARTS) is 1. The molecule has 0 aromatic heterocycles. The average molecular weight is 420 g/mol. The number of hydrogen-bond donors (Lipinski definition) is 3. The van der Waals surface area contributed by atoms with Crippen LogP contribution < -0.4 is 5.73 Å². The number of nitrogens with two attached hydrogens (primary N) is 1. The number of benzene rings is 3. The minimum Gasteiger partial charge on any atom is -0.481 e. The normalized spacial score (nSPS) is 13.5. The summed E-state index contributed by atoms with van der Waals surface area (Å²) in [6, 6.07) is 28.3. The second kappa shape index (κ2) is 10.9. The Morgan fingerprint density at radius 1 is 0.806 bits per heavy atom. The molecule has 162 valence electrons. The van der Waals surface area contributed by atoms with Crippen LogP contribution in [0, 0.1) is 5.41 Å². The third-order valence-corrected chi connectivity index (χ3v) is 5.55. The van der Waals surface area contributed by atoms with E-state index in [0.29, 0.717) is 6.61 Å². The Kier molecular flexibility index (Phi) is 7.95. The fraction of sp³-hybridized carbons (Fsp3) is 0.269. The summed E-state index contributed by atoms with van der Waals surface area (Å²) < 4.78 is 5.70. The molecule has 5 nitrogen and oxygen atoms in total. The van der Waals surface area contributed by atoms with Crippen molar-refractivity contribution in [2.75, 3.05) is 0 Å². The van der Waals surface area contributed by atoms with Gasteiger partial charge in [0.1, 0.15) is 11.6 Å². The van der Waals surface area contributed by atoms with Gasteiger partial charge in [0.2, 0.25) is 0 Å². The van der Waals surface area contributed by atoms with Gasteiger partial charge in [-0.3, -0.25) is 4.79 Å². The van der Waals surface area contributed by atoms with Crippen LogP contribution in [0.3, 0.4) is 0 Å². The van der Waals surface area contributed by atoms with Crippen LogP contribution in [0.4, 0.5) is 0 Å². The second-order valence-electron chi connectivity index (χ2n) is 7.87. The Labute approximate surface area is 183 Å². The first-order valence-corrected chi connectivity index (χ1v) is 10.4. The zero-order valence-corrected chi connectivity index (χ0v) is 17.4. The van der Waals surface area contributed by atoms with E-state index in [4.69, 9.17) is 10.5 Å². The van der Waals surface area contributed by atoms with Crippen molar-refractivity contribution < 1.29 is 19.7 Å².